The van der Waals surface area contributed by atoms with E-state index in [9.17, 15) is 9.59 Å². The van der Waals surface area contributed by atoms with Gasteiger partial charge in [0.05, 0.1) is 11.1 Å². The molecule has 0 atom stereocenters. The molecular formula is C22H26O4S4. The van der Waals surface area contributed by atoms with E-state index in [-0.39, 0.29) is 24.1 Å². The number of rotatable bonds is 4. The van der Waals surface area contributed by atoms with Crippen LogP contribution in [0.5, 0.6) is 0 Å². The Morgan fingerprint density at radius 3 is 1.27 bits per heavy atom. The van der Waals surface area contributed by atoms with Crippen molar-refractivity contribution in [3.8, 4) is 0 Å². The van der Waals surface area contributed by atoms with Crippen molar-refractivity contribution in [1.29, 1.82) is 0 Å². The SMILES string of the molecule is C=C1CSCC(OC(=O)c2ccc(C(=O)OC3CSCC(=C)CSC3)cc2)CSC1. The molecule has 1 aromatic rings. The summed E-state index contributed by atoms with van der Waals surface area (Å²) in [5.74, 6) is 6.01. The Balaban J connectivity index is 1.50. The molecular weight excluding hydrogens is 457 g/mol. The predicted molar refractivity (Wildman–Crippen MR) is 132 cm³/mol. The number of hydrogen-bond donors (Lipinski definition) is 0. The summed E-state index contributed by atoms with van der Waals surface area (Å²) in [6.45, 7) is 8.05. The lowest BCUT2D eigenvalue weighted by Crippen LogP contribution is -2.26. The van der Waals surface area contributed by atoms with Crippen LogP contribution in [0.1, 0.15) is 20.7 Å². The van der Waals surface area contributed by atoms with Crippen molar-refractivity contribution >= 4 is 59.0 Å². The zero-order chi connectivity index (χ0) is 21.3. The molecule has 162 valence electrons. The molecule has 4 nitrogen and oxygen atoms in total. The van der Waals surface area contributed by atoms with E-state index in [0.717, 1.165) is 46.0 Å². The van der Waals surface area contributed by atoms with E-state index in [2.05, 4.69) is 13.2 Å². The highest BCUT2D eigenvalue weighted by Crippen LogP contribution is 2.23. The third kappa shape index (κ3) is 7.62. The van der Waals surface area contributed by atoms with Crippen LogP contribution in [0.2, 0.25) is 0 Å². The molecule has 0 spiro atoms. The van der Waals surface area contributed by atoms with Crippen LogP contribution in [0.4, 0.5) is 0 Å². The molecule has 8 heteroatoms. The summed E-state index contributed by atoms with van der Waals surface area (Å²) in [7, 11) is 0. The van der Waals surface area contributed by atoms with Crippen molar-refractivity contribution in [3.05, 3.63) is 59.7 Å². The molecule has 0 N–H and O–H groups in total. The quantitative estimate of drug-likeness (QED) is 0.448. The maximum atomic E-state index is 12.5. The lowest BCUT2D eigenvalue weighted by Gasteiger charge is -2.21. The third-order valence-electron chi connectivity index (χ3n) is 4.34. The van der Waals surface area contributed by atoms with Crippen molar-refractivity contribution in [1.82, 2.24) is 0 Å². The van der Waals surface area contributed by atoms with E-state index in [1.165, 1.54) is 11.1 Å². The molecule has 3 rings (SSSR count). The molecule has 2 aliphatic heterocycles. The predicted octanol–water partition coefficient (Wildman–Crippen LogP) is 4.81. The van der Waals surface area contributed by atoms with Crippen LogP contribution in [-0.2, 0) is 9.47 Å². The zero-order valence-electron chi connectivity index (χ0n) is 16.8. The van der Waals surface area contributed by atoms with Gasteiger partial charge in [0, 0.05) is 46.0 Å². The molecule has 30 heavy (non-hydrogen) atoms. The number of carbonyl (C=O) groups is 2. The fourth-order valence-electron chi connectivity index (χ4n) is 2.84. The molecule has 0 bridgehead atoms. The van der Waals surface area contributed by atoms with Gasteiger partial charge in [0.15, 0.2) is 0 Å². The van der Waals surface area contributed by atoms with Crippen LogP contribution in [0.25, 0.3) is 0 Å². The molecule has 0 amide bonds. The van der Waals surface area contributed by atoms with Crippen LogP contribution in [0.15, 0.2) is 48.6 Å². The summed E-state index contributed by atoms with van der Waals surface area (Å²) >= 11 is 6.99. The molecule has 2 heterocycles. The number of hydrogen-bond acceptors (Lipinski definition) is 8. The first-order valence-electron chi connectivity index (χ1n) is 9.67. The Bertz CT molecular complexity index is 689. The Morgan fingerprint density at radius 2 is 0.967 bits per heavy atom. The van der Waals surface area contributed by atoms with Crippen LogP contribution in [0.3, 0.4) is 0 Å². The molecule has 2 aliphatic rings. The van der Waals surface area contributed by atoms with E-state index in [4.69, 9.17) is 9.47 Å². The molecule has 0 aliphatic carbocycles. The second-order valence-corrected chi connectivity index (χ2v) is 11.3. The van der Waals surface area contributed by atoms with Crippen LogP contribution in [0, 0.1) is 0 Å². The molecule has 0 saturated carbocycles. The average molecular weight is 483 g/mol. The van der Waals surface area contributed by atoms with Crippen LogP contribution < -0.4 is 0 Å². The summed E-state index contributed by atoms with van der Waals surface area (Å²) in [5.41, 5.74) is 3.34. The van der Waals surface area contributed by atoms with Gasteiger partial charge in [0.25, 0.3) is 0 Å². The van der Waals surface area contributed by atoms with Crippen molar-refractivity contribution < 1.29 is 19.1 Å². The Kier molecular flexibility index (Phi) is 9.62. The minimum Gasteiger partial charge on any atom is -0.457 e. The number of benzene rings is 1. The minimum absolute atomic E-state index is 0.115. The van der Waals surface area contributed by atoms with Gasteiger partial charge in [0.2, 0.25) is 0 Å². The van der Waals surface area contributed by atoms with E-state index < -0.39 is 0 Å². The lowest BCUT2D eigenvalue weighted by atomic mass is 10.1. The molecule has 2 saturated heterocycles. The Hall–Kier alpha value is -0.960. The van der Waals surface area contributed by atoms with Gasteiger partial charge in [-0.25, -0.2) is 9.59 Å². The number of carbonyl (C=O) groups excluding carboxylic acids is 2. The molecule has 0 aromatic heterocycles. The van der Waals surface area contributed by atoms with Gasteiger partial charge in [-0.05, 0) is 24.3 Å². The lowest BCUT2D eigenvalue weighted by molar-refractivity contribution is 0.0378. The van der Waals surface area contributed by atoms with E-state index in [1.54, 1.807) is 71.3 Å². The van der Waals surface area contributed by atoms with Gasteiger partial charge < -0.3 is 9.47 Å². The number of thioether (sulfide) groups is 4. The topological polar surface area (TPSA) is 52.6 Å². The molecule has 2 fully saturated rings. The van der Waals surface area contributed by atoms with Crippen molar-refractivity contribution in [2.75, 3.05) is 46.0 Å². The van der Waals surface area contributed by atoms with Crippen LogP contribution >= 0.6 is 47.0 Å². The molecule has 1 aromatic carbocycles. The van der Waals surface area contributed by atoms with Gasteiger partial charge in [-0.15, -0.1) is 0 Å². The monoisotopic (exact) mass is 482 g/mol. The summed E-state index contributed by atoms with van der Waals surface area (Å²) in [4.78, 5) is 25.0. The first kappa shape index (κ1) is 23.7. The maximum absolute atomic E-state index is 12.5. The largest absolute Gasteiger partial charge is 0.457 e. The third-order valence-corrected chi connectivity index (χ3v) is 9.22. The Labute approximate surface area is 195 Å². The van der Waals surface area contributed by atoms with Gasteiger partial charge in [-0.1, -0.05) is 24.3 Å². The summed E-state index contributed by atoms with van der Waals surface area (Å²) < 4.78 is 11.3. The first-order chi connectivity index (χ1) is 14.5. The highest BCUT2D eigenvalue weighted by Gasteiger charge is 2.21. The van der Waals surface area contributed by atoms with E-state index in [0.29, 0.717) is 11.1 Å². The molecule has 0 unspecified atom stereocenters. The fraction of sp³-hybridized carbons (Fsp3) is 0.455. The summed E-state index contributed by atoms with van der Waals surface area (Å²) in [5, 5.41) is 0. The highest BCUT2D eigenvalue weighted by molar-refractivity contribution is 8.01. The van der Waals surface area contributed by atoms with E-state index >= 15 is 0 Å². The first-order valence-corrected chi connectivity index (χ1v) is 14.3. The standard InChI is InChI=1S/C22H26O4S4/c1-15-7-27-11-19(12-28-8-15)25-21(23)17-3-5-18(6-4-17)22(24)26-20-13-29-9-16(2)10-30-14-20/h3-6,19-20H,1-2,7-14H2. The van der Waals surface area contributed by atoms with Gasteiger partial charge in [-0.3, -0.25) is 0 Å². The van der Waals surface area contributed by atoms with Crippen molar-refractivity contribution in [2.45, 2.75) is 12.2 Å². The van der Waals surface area contributed by atoms with Gasteiger partial charge in [-0.2, -0.15) is 47.0 Å². The molecule has 0 radical (unpaired) electrons. The normalized spacial score (nSPS) is 19.9. The number of ether oxygens (including phenoxy) is 2. The fourth-order valence-corrected chi connectivity index (χ4v) is 7.22. The van der Waals surface area contributed by atoms with Crippen molar-refractivity contribution in [3.63, 3.8) is 0 Å². The average Bonchev–Trinajstić information content (AvgIpc) is 2.70. The van der Waals surface area contributed by atoms with Gasteiger partial charge in [0.1, 0.15) is 12.2 Å². The second kappa shape index (κ2) is 12.2. The number of esters is 2. The minimum atomic E-state index is -0.353. The van der Waals surface area contributed by atoms with E-state index in [1.807, 2.05) is 0 Å². The smallest absolute Gasteiger partial charge is 0.338 e. The second-order valence-electron chi connectivity index (χ2n) is 7.19. The maximum Gasteiger partial charge on any atom is 0.338 e. The summed E-state index contributed by atoms with van der Waals surface area (Å²) in [6.07, 6.45) is -0.230. The van der Waals surface area contributed by atoms with Gasteiger partial charge >= 0.3 is 11.9 Å². The Morgan fingerprint density at radius 1 is 0.667 bits per heavy atom. The van der Waals surface area contributed by atoms with Crippen molar-refractivity contribution in [2.24, 2.45) is 0 Å². The highest BCUT2D eigenvalue weighted by atomic mass is 32.2. The zero-order valence-corrected chi connectivity index (χ0v) is 20.1. The van der Waals surface area contributed by atoms with Crippen LogP contribution in [-0.4, -0.2) is 70.2 Å². The summed E-state index contributed by atoms with van der Waals surface area (Å²) in [6, 6.07) is 6.54.